The van der Waals surface area contributed by atoms with Gasteiger partial charge in [0.15, 0.2) is 0 Å². The van der Waals surface area contributed by atoms with Gasteiger partial charge in [0.25, 0.3) is 10.0 Å². The lowest BCUT2D eigenvalue weighted by atomic mass is 10.0. The van der Waals surface area contributed by atoms with Gasteiger partial charge in [0, 0.05) is 29.5 Å². The number of nitrogens with zero attached hydrogens (tertiary/aromatic N) is 2. The van der Waals surface area contributed by atoms with Gasteiger partial charge < -0.3 is 15.0 Å². The lowest BCUT2D eigenvalue weighted by Gasteiger charge is -2.34. The summed E-state index contributed by atoms with van der Waals surface area (Å²) in [6.45, 7) is 3.25. The van der Waals surface area contributed by atoms with Gasteiger partial charge >= 0.3 is 0 Å². The van der Waals surface area contributed by atoms with Gasteiger partial charge in [0.05, 0.1) is 17.7 Å². The molecule has 0 aromatic heterocycles. The Morgan fingerprint density at radius 1 is 0.841 bits per heavy atom. The number of rotatable bonds is 13. The third-order valence-electron chi connectivity index (χ3n) is 6.90. The van der Waals surface area contributed by atoms with Crippen molar-refractivity contribution in [2.75, 3.05) is 18.0 Å². The average molecular weight is 679 g/mol. The van der Waals surface area contributed by atoms with Crippen molar-refractivity contribution < 1.29 is 22.7 Å². The predicted molar refractivity (Wildman–Crippen MR) is 176 cm³/mol. The minimum atomic E-state index is -4.19. The van der Waals surface area contributed by atoms with Gasteiger partial charge in [0.1, 0.15) is 18.3 Å². The summed E-state index contributed by atoms with van der Waals surface area (Å²) in [5, 5.41) is 2.96. The molecule has 0 saturated carbocycles. The number of sulfonamides is 1. The number of benzene rings is 4. The van der Waals surface area contributed by atoms with Crippen molar-refractivity contribution in [2.24, 2.45) is 0 Å². The molecule has 2 amide bonds. The maximum atomic E-state index is 14.5. The molecule has 1 atom stereocenters. The second-order valence-electron chi connectivity index (χ2n) is 10.5. The summed E-state index contributed by atoms with van der Waals surface area (Å²) in [6, 6.07) is 30.3. The first kappa shape index (κ1) is 32.8. The number of ether oxygens (including phenoxy) is 1. The second-order valence-corrected chi connectivity index (χ2v) is 13.3. The minimum absolute atomic E-state index is 0.0348. The number of carbonyl (C=O) groups excluding carboxylic acids is 2. The van der Waals surface area contributed by atoms with Crippen LogP contribution in [0.4, 0.5) is 5.69 Å². The number of anilines is 1. The summed E-state index contributed by atoms with van der Waals surface area (Å²) in [6.07, 6.45) is 0.240. The zero-order chi connectivity index (χ0) is 31.7. The third kappa shape index (κ3) is 8.48. The van der Waals surface area contributed by atoms with Crippen molar-refractivity contribution in [3.8, 4) is 5.75 Å². The molecular weight excluding hydrogens is 642 g/mol. The molecule has 44 heavy (non-hydrogen) atoms. The number of methoxy groups -OCH3 is 1. The van der Waals surface area contributed by atoms with Crippen LogP contribution in [0, 0.1) is 0 Å². The van der Waals surface area contributed by atoms with Gasteiger partial charge in [-0.2, -0.15) is 0 Å². The molecule has 0 spiro atoms. The predicted octanol–water partition coefficient (Wildman–Crippen LogP) is 5.82. The smallest absolute Gasteiger partial charge is 0.264 e. The van der Waals surface area contributed by atoms with Crippen molar-refractivity contribution >= 4 is 43.5 Å². The highest BCUT2D eigenvalue weighted by molar-refractivity contribution is 9.10. The van der Waals surface area contributed by atoms with E-state index in [4.69, 9.17) is 4.74 Å². The Morgan fingerprint density at radius 2 is 1.48 bits per heavy atom. The summed E-state index contributed by atoms with van der Waals surface area (Å²) in [5.74, 6) is -0.425. The van der Waals surface area contributed by atoms with E-state index in [-0.39, 0.29) is 35.5 Å². The molecule has 0 radical (unpaired) electrons. The molecule has 0 bridgehead atoms. The van der Waals surface area contributed by atoms with Crippen LogP contribution in [0.3, 0.4) is 0 Å². The normalized spacial score (nSPS) is 11.9. The third-order valence-corrected chi connectivity index (χ3v) is 9.18. The number of nitrogens with one attached hydrogen (secondary N) is 1. The van der Waals surface area contributed by atoms with Crippen molar-refractivity contribution in [2.45, 2.75) is 43.8 Å². The first-order chi connectivity index (χ1) is 21.1. The molecule has 1 N–H and O–H groups in total. The van der Waals surface area contributed by atoms with E-state index in [1.165, 1.54) is 24.1 Å². The molecule has 0 aliphatic heterocycles. The molecule has 0 heterocycles. The Bertz CT molecular complexity index is 1670. The van der Waals surface area contributed by atoms with Crippen molar-refractivity contribution in [3.63, 3.8) is 0 Å². The van der Waals surface area contributed by atoms with Crippen LogP contribution in [-0.2, 0) is 32.6 Å². The van der Waals surface area contributed by atoms with Crippen LogP contribution >= 0.6 is 15.9 Å². The summed E-state index contributed by atoms with van der Waals surface area (Å²) in [5.41, 5.74) is 1.90. The number of halogens is 1. The molecule has 4 aromatic carbocycles. The van der Waals surface area contributed by atoms with E-state index in [2.05, 4.69) is 21.2 Å². The van der Waals surface area contributed by atoms with Crippen LogP contribution in [0.15, 0.2) is 119 Å². The molecule has 0 aliphatic rings. The van der Waals surface area contributed by atoms with Gasteiger partial charge in [-0.05, 0) is 61.4 Å². The zero-order valence-corrected chi connectivity index (χ0v) is 27.3. The van der Waals surface area contributed by atoms with Crippen LogP contribution < -0.4 is 14.4 Å². The lowest BCUT2D eigenvalue weighted by molar-refractivity contribution is -0.140. The minimum Gasteiger partial charge on any atom is -0.497 e. The Balaban J connectivity index is 1.81. The van der Waals surface area contributed by atoms with Crippen LogP contribution in [0.5, 0.6) is 5.75 Å². The maximum absolute atomic E-state index is 14.5. The van der Waals surface area contributed by atoms with Crippen molar-refractivity contribution in [3.05, 3.63) is 125 Å². The fraction of sp³-hybridized carbons (Fsp3) is 0.235. The maximum Gasteiger partial charge on any atom is 0.264 e. The van der Waals surface area contributed by atoms with E-state index in [1.54, 1.807) is 42.5 Å². The summed E-state index contributed by atoms with van der Waals surface area (Å²) >= 11 is 3.50. The second kappa shape index (κ2) is 15.0. The van der Waals surface area contributed by atoms with Gasteiger partial charge in [-0.3, -0.25) is 13.9 Å². The largest absolute Gasteiger partial charge is 0.497 e. The number of carbonyl (C=O) groups is 2. The molecule has 4 rings (SSSR count). The van der Waals surface area contributed by atoms with E-state index in [0.29, 0.717) is 5.75 Å². The Hall–Kier alpha value is -4.15. The van der Waals surface area contributed by atoms with Crippen LogP contribution in [-0.4, -0.2) is 50.9 Å². The summed E-state index contributed by atoms with van der Waals surface area (Å²) in [7, 11) is -2.70. The number of hydrogen-bond acceptors (Lipinski definition) is 5. The zero-order valence-electron chi connectivity index (χ0n) is 24.9. The standard InChI is InChI=1S/C34H36BrN3O5S/c1-25(2)36-34(40)32(21-26-12-6-4-7-13-26)37(23-27-14-10-15-28(35)20-27)33(39)24-38(29-16-11-17-30(22-29)43-3)44(41,42)31-18-8-5-9-19-31/h4-20,22,25,32H,21,23-24H2,1-3H3,(H,36,40)/t32-/m1/s1. The quantitative estimate of drug-likeness (QED) is 0.193. The molecule has 0 fully saturated rings. The summed E-state index contributed by atoms with van der Waals surface area (Å²) in [4.78, 5) is 29.7. The SMILES string of the molecule is COc1cccc(N(CC(=O)N(Cc2cccc(Br)c2)[C@H](Cc2ccccc2)C(=O)NC(C)C)S(=O)(=O)c2ccccc2)c1. The van der Waals surface area contributed by atoms with E-state index in [9.17, 15) is 18.0 Å². The average Bonchev–Trinajstić information content (AvgIpc) is 3.02. The van der Waals surface area contributed by atoms with Gasteiger partial charge in [-0.15, -0.1) is 0 Å². The Kier molecular flexibility index (Phi) is 11.2. The fourth-order valence-electron chi connectivity index (χ4n) is 4.78. The first-order valence-corrected chi connectivity index (χ1v) is 16.4. The van der Waals surface area contributed by atoms with Crippen molar-refractivity contribution in [1.29, 1.82) is 0 Å². The topological polar surface area (TPSA) is 96.0 Å². The highest BCUT2D eigenvalue weighted by Gasteiger charge is 2.35. The number of hydrogen-bond donors (Lipinski definition) is 1. The van der Waals surface area contributed by atoms with E-state index in [1.807, 2.05) is 68.4 Å². The Labute approximate surface area is 267 Å². The highest BCUT2D eigenvalue weighted by atomic mass is 79.9. The van der Waals surface area contributed by atoms with E-state index >= 15 is 0 Å². The molecule has 230 valence electrons. The summed E-state index contributed by atoms with van der Waals surface area (Å²) < 4.78 is 35.4. The fourth-order valence-corrected chi connectivity index (χ4v) is 6.65. The lowest BCUT2D eigenvalue weighted by Crippen LogP contribution is -2.54. The van der Waals surface area contributed by atoms with Gasteiger partial charge in [0.2, 0.25) is 11.8 Å². The molecule has 8 nitrogen and oxygen atoms in total. The van der Waals surface area contributed by atoms with Crippen LogP contribution in [0.2, 0.25) is 0 Å². The first-order valence-electron chi connectivity index (χ1n) is 14.2. The van der Waals surface area contributed by atoms with Crippen LogP contribution in [0.1, 0.15) is 25.0 Å². The van der Waals surface area contributed by atoms with Crippen molar-refractivity contribution in [1.82, 2.24) is 10.2 Å². The number of amides is 2. The van der Waals surface area contributed by atoms with E-state index in [0.717, 1.165) is 19.9 Å². The molecule has 10 heteroatoms. The van der Waals surface area contributed by atoms with Gasteiger partial charge in [-0.1, -0.05) is 82.7 Å². The molecular formula is C34H36BrN3O5S. The van der Waals surface area contributed by atoms with Crippen LogP contribution in [0.25, 0.3) is 0 Å². The molecule has 4 aromatic rings. The molecule has 0 aliphatic carbocycles. The molecule has 0 unspecified atom stereocenters. The Morgan fingerprint density at radius 3 is 2.11 bits per heavy atom. The monoisotopic (exact) mass is 677 g/mol. The molecule has 0 saturated heterocycles. The van der Waals surface area contributed by atoms with Gasteiger partial charge in [-0.25, -0.2) is 8.42 Å². The van der Waals surface area contributed by atoms with E-state index < -0.39 is 28.5 Å². The highest BCUT2D eigenvalue weighted by Crippen LogP contribution is 2.28.